The van der Waals surface area contributed by atoms with Gasteiger partial charge in [0, 0.05) is 17.8 Å². The van der Waals surface area contributed by atoms with Crippen LogP contribution < -0.4 is 15.4 Å². The van der Waals surface area contributed by atoms with Crippen LogP contribution in [0.25, 0.3) is 0 Å². The van der Waals surface area contributed by atoms with Gasteiger partial charge in [-0.25, -0.2) is 0 Å². The molecule has 0 spiro atoms. The monoisotopic (exact) mass is 362 g/mol. The summed E-state index contributed by atoms with van der Waals surface area (Å²) in [6.07, 6.45) is 0.560. The van der Waals surface area contributed by atoms with Crippen LogP contribution in [0.15, 0.2) is 48.5 Å². The molecule has 0 unspecified atom stereocenters. The van der Waals surface area contributed by atoms with Gasteiger partial charge in [-0.1, -0.05) is 24.3 Å². The van der Waals surface area contributed by atoms with Crippen LogP contribution in [0.1, 0.15) is 22.8 Å². The minimum atomic E-state index is -2.85. The van der Waals surface area contributed by atoms with E-state index in [4.69, 9.17) is 0 Å². The van der Waals surface area contributed by atoms with Crippen LogP contribution in [0, 0.1) is 0 Å². The number of hydrogen-bond donors (Lipinski definition) is 2. The molecule has 138 valence electrons. The van der Waals surface area contributed by atoms with E-state index in [1.807, 2.05) is 0 Å². The van der Waals surface area contributed by atoms with Crippen LogP contribution in [-0.4, -0.2) is 31.4 Å². The normalized spacial score (nSPS) is 10.5. The number of hydrogen-bond acceptors (Lipinski definition) is 4. The van der Waals surface area contributed by atoms with Crippen LogP contribution in [0.4, 0.5) is 14.5 Å². The summed E-state index contributed by atoms with van der Waals surface area (Å²) in [6.45, 7) is -0.922. The van der Waals surface area contributed by atoms with Crippen molar-refractivity contribution >= 4 is 17.4 Å². The van der Waals surface area contributed by atoms with Crippen LogP contribution >= 0.6 is 0 Å². The molecule has 0 bridgehead atoms. The Labute approximate surface area is 150 Å². The van der Waals surface area contributed by atoms with Crippen LogP contribution in [-0.2, 0) is 11.2 Å². The maximum atomic E-state index is 12.1. The summed E-state index contributed by atoms with van der Waals surface area (Å²) in [5.74, 6) is -0.185. The zero-order chi connectivity index (χ0) is 18.9. The number of Topliss-reactive ketones (excluding diaryl/α,β-unsaturated/α-hetero) is 1. The third-order valence-corrected chi connectivity index (χ3v) is 3.63. The topological polar surface area (TPSA) is 67.4 Å². The Hall–Kier alpha value is -2.96. The second kappa shape index (κ2) is 9.50. The van der Waals surface area contributed by atoms with Gasteiger partial charge in [0.2, 0.25) is 5.91 Å². The molecule has 0 aromatic heterocycles. The van der Waals surface area contributed by atoms with Crippen molar-refractivity contribution in [2.24, 2.45) is 0 Å². The number of para-hydroxylation sites is 1. The van der Waals surface area contributed by atoms with Crippen molar-refractivity contribution < 1.29 is 23.1 Å². The van der Waals surface area contributed by atoms with Crippen molar-refractivity contribution in [3.05, 3.63) is 59.7 Å². The lowest BCUT2D eigenvalue weighted by Crippen LogP contribution is -2.31. The number of ketones is 1. The Morgan fingerprint density at radius 3 is 2.42 bits per heavy atom. The molecule has 0 saturated heterocycles. The molecule has 2 rings (SSSR count). The number of nitrogens with one attached hydrogen (secondary N) is 2. The molecule has 7 heteroatoms. The molecule has 2 aromatic carbocycles. The number of rotatable bonds is 9. The van der Waals surface area contributed by atoms with E-state index in [1.165, 1.54) is 19.1 Å². The summed E-state index contributed by atoms with van der Waals surface area (Å²) in [4.78, 5) is 23.4. The molecule has 0 aliphatic heterocycles. The van der Waals surface area contributed by atoms with Crippen molar-refractivity contribution in [2.45, 2.75) is 20.0 Å². The zero-order valence-electron chi connectivity index (χ0n) is 14.3. The number of benzene rings is 2. The highest BCUT2D eigenvalue weighted by Gasteiger charge is 2.08. The molecule has 0 fully saturated rings. The Morgan fingerprint density at radius 1 is 1.08 bits per heavy atom. The molecular weight excluding hydrogens is 342 g/mol. The van der Waals surface area contributed by atoms with Crippen LogP contribution in [0.3, 0.4) is 0 Å². The molecule has 0 saturated carbocycles. The van der Waals surface area contributed by atoms with E-state index in [1.54, 1.807) is 36.4 Å². The Balaban J connectivity index is 1.75. The van der Waals surface area contributed by atoms with Crippen molar-refractivity contribution in [3.63, 3.8) is 0 Å². The fraction of sp³-hybridized carbons (Fsp3) is 0.263. The van der Waals surface area contributed by atoms with Gasteiger partial charge in [0.05, 0.1) is 6.54 Å². The highest BCUT2D eigenvalue weighted by molar-refractivity contribution is 6.00. The lowest BCUT2D eigenvalue weighted by Gasteiger charge is -2.11. The molecule has 5 nitrogen and oxygen atoms in total. The highest BCUT2D eigenvalue weighted by atomic mass is 19.3. The average molecular weight is 362 g/mol. The van der Waals surface area contributed by atoms with E-state index in [0.717, 1.165) is 5.56 Å². The van der Waals surface area contributed by atoms with E-state index in [9.17, 15) is 18.4 Å². The third-order valence-electron chi connectivity index (χ3n) is 3.63. The number of carbonyl (C=O) groups is 2. The first-order valence-electron chi connectivity index (χ1n) is 8.10. The minimum Gasteiger partial charge on any atom is -0.435 e. The summed E-state index contributed by atoms with van der Waals surface area (Å²) in [7, 11) is 0. The molecule has 26 heavy (non-hydrogen) atoms. The van der Waals surface area contributed by atoms with E-state index in [-0.39, 0.29) is 24.0 Å². The SMILES string of the molecule is CC(=O)c1ccccc1NCC(=O)NCCc1ccc(OC(F)F)cc1. The average Bonchev–Trinajstić information content (AvgIpc) is 2.61. The molecular formula is C19H20F2N2O3. The van der Waals surface area contributed by atoms with E-state index < -0.39 is 6.61 Å². The smallest absolute Gasteiger partial charge is 0.387 e. The first-order chi connectivity index (χ1) is 12.5. The van der Waals surface area contributed by atoms with Gasteiger partial charge in [0.1, 0.15) is 5.75 Å². The molecule has 0 atom stereocenters. The number of carbonyl (C=O) groups excluding carboxylic acids is 2. The number of alkyl halides is 2. The molecule has 0 radical (unpaired) electrons. The first-order valence-corrected chi connectivity index (χ1v) is 8.10. The minimum absolute atomic E-state index is 0.0471. The van der Waals surface area contributed by atoms with Crippen LogP contribution in [0.2, 0.25) is 0 Å². The lowest BCUT2D eigenvalue weighted by atomic mass is 10.1. The van der Waals surface area contributed by atoms with Gasteiger partial charge in [0.15, 0.2) is 5.78 Å². The molecule has 0 aliphatic rings. The second-order valence-corrected chi connectivity index (χ2v) is 5.58. The van der Waals surface area contributed by atoms with Crippen molar-refractivity contribution in [1.29, 1.82) is 0 Å². The highest BCUT2D eigenvalue weighted by Crippen LogP contribution is 2.16. The number of ether oxygens (including phenoxy) is 1. The molecule has 2 N–H and O–H groups in total. The summed E-state index contributed by atoms with van der Waals surface area (Å²) in [5, 5.41) is 5.71. The number of amides is 1. The summed E-state index contributed by atoms with van der Waals surface area (Å²) in [6, 6.07) is 13.3. The zero-order valence-corrected chi connectivity index (χ0v) is 14.3. The van der Waals surface area contributed by atoms with Crippen molar-refractivity contribution in [2.75, 3.05) is 18.4 Å². The molecule has 0 heterocycles. The fourth-order valence-corrected chi connectivity index (χ4v) is 2.37. The maximum absolute atomic E-state index is 12.1. The first kappa shape index (κ1) is 19.4. The summed E-state index contributed by atoms with van der Waals surface area (Å²) in [5.41, 5.74) is 2.04. The van der Waals surface area contributed by atoms with Crippen LogP contribution in [0.5, 0.6) is 5.75 Å². The Kier molecular flexibility index (Phi) is 7.08. The van der Waals surface area contributed by atoms with Gasteiger partial charge >= 0.3 is 6.61 Å². The van der Waals surface area contributed by atoms with Gasteiger partial charge in [-0.3, -0.25) is 9.59 Å². The van der Waals surface area contributed by atoms with Gasteiger partial charge in [-0.05, 0) is 43.2 Å². The van der Waals surface area contributed by atoms with E-state index >= 15 is 0 Å². The van der Waals surface area contributed by atoms with Crippen molar-refractivity contribution in [3.8, 4) is 5.75 Å². The summed E-state index contributed by atoms with van der Waals surface area (Å²) < 4.78 is 28.4. The van der Waals surface area contributed by atoms with Gasteiger partial charge in [0.25, 0.3) is 0 Å². The molecule has 2 aromatic rings. The largest absolute Gasteiger partial charge is 0.435 e. The molecule has 1 amide bonds. The number of halogens is 2. The van der Waals surface area contributed by atoms with Crippen molar-refractivity contribution in [1.82, 2.24) is 5.32 Å². The van der Waals surface area contributed by atoms with E-state index in [2.05, 4.69) is 15.4 Å². The summed E-state index contributed by atoms with van der Waals surface area (Å²) >= 11 is 0. The van der Waals surface area contributed by atoms with E-state index in [0.29, 0.717) is 24.2 Å². The van der Waals surface area contributed by atoms with Gasteiger partial charge < -0.3 is 15.4 Å². The predicted octanol–water partition coefficient (Wildman–Crippen LogP) is 3.26. The maximum Gasteiger partial charge on any atom is 0.387 e. The second-order valence-electron chi connectivity index (χ2n) is 5.58. The third kappa shape index (κ3) is 6.16. The lowest BCUT2D eigenvalue weighted by molar-refractivity contribution is -0.119. The van der Waals surface area contributed by atoms with Gasteiger partial charge in [-0.2, -0.15) is 8.78 Å². The number of anilines is 1. The Bertz CT molecular complexity index is 749. The predicted molar refractivity (Wildman–Crippen MR) is 94.7 cm³/mol. The Morgan fingerprint density at radius 2 is 1.77 bits per heavy atom. The quantitative estimate of drug-likeness (QED) is 0.672. The molecule has 0 aliphatic carbocycles. The van der Waals surface area contributed by atoms with Gasteiger partial charge in [-0.15, -0.1) is 0 Å². The standard InChI is InChI=1S/C19H20F2N2O3/c1-13(24)16-4-2-3-5-17(16)23-12-18(25)22-11-10-14-6-8-15(9-7-14)26-19(20)21/h2-9,19,23H,10-12H2,1H3,(H,22,25). The fourth-order valence-electron chi connectivity index (χ4n) is 2.37.